The Labute approximate surface area is 164 Å². The molecule has 7 heteroatoms. The van der Waals surface area contributed by atoms with E-state index in [2.05, 4.69) is 27.8 Å². The molecule has 4 rings (SSSR count). The summed E-state index contributed by atoms with van der Waals surface area (Å²) in [6.45, 7) is 1.49. The number of nitrogens with zero attached hydrogens (tertiary/aromatic N) is 2. The Morgan fingerprint density at radius 3 is 2.48 bits per heavy atom. The van der Waals surface area contributed by atoms with Gasteiger partial charge >= 0.3 is 0 Å². The molecule has 5 nitrogen and oxygen atoms in total. The Morgan fingerprint density at radius 1 is 0.889 bits per heavy atom. The van der Waals surface area contributed by atoms with Crippen molar-refractivity contribution >= 4 is 45.1 Å². The molecular weight excluding hydrogens is 376 g/mol. The van der Waals surface area contributed by atoms with Crippen LogP contribution in [0.15, 0.2) is 65.4 Å². The molecule has 0 aliphatic carbocycles. The lowest BCUT2D eigenvalue weighted by atomic mass is 10.2. The highest BCUT2D eigenvalue weighted by Crippen LogP contribution is 2.32. The molecule has 0 saturated heterocycles. The molecule has 0 aliphatic heterocycles. The third kappa shape index (κ3) is 4.21. The minimum atomic E-state index is -0.0957. The molecule has 2 aromatic carbocycles. The minimum Gasteiger partial charge on any atom is -0.331 e. The summed E-state index contributed by atoms with van der Waals surface area (Å²) in [5.41, 5.74) is 4.53. The second kappa shape index (κ2) is 7.69. The normalized spacial score (nSPS) is 10.6. The van der Waals surface area contributed by atoms with Gasteiger partial charge in [0.1, 0.15) is 10.7 Å². The van der Waals surface area contributed by atoms with Crippen LogP contribution >= 0.6 is 22.7 Å². The molecule has 0 aliphatic rings. The molecule has 2 N–H and O–H groups in total. The van der Waals surface area contributed by atoms with Gasteiger partial charge in [0.25, 0.3) is 0 Å². The monoisotopic (exact) mass is 392 g/mol. The van der Waals surface area contributed by atoms with Gasteiger partial charge in [-0.15, -0.1) is 22.7 Å². The lowest BCUT2D eigenvalue weighted by Crippen LogP contribution is -2.05. The summed E-state index contributed by atoms with van der Waals surface area (Å²) in [6.07, 6.45) is 0. The van der Waals surface area contributed by atoms with Crippen molar-refractivity contribution < 1.29 is 4.79 Å². The van der Waals surface area contributed by atoms with Crippen LogP contribution in [-0.2, 0) is 4.79 Å². The zero-order valence-corrected chi connectivity index (χ0v) is 16.1. The van der Waals surface area contributed by atoms with Gasteiger partial charge in [0.05, 0.1) is 5.69 Å². The maximum absolute atomic E-state index is 11.2. The summed E-state index contributed by atoms with van der Waals surface area (Å²) < 4.78 is 0. The van der Waals surface area contributed by atoms with E-state index in [0.717, 1.165) is 38.5 Å². The topological polar surface area (TPSA) is 66.9 Å². The van der Waals surface area contributed by atoms with Crippen molar-refractivity contribution in [2.75, 3.05) is 10.6 Å². The Morgan fingerprint density at radius 2 is 1.67 bits per heavy atom. The van der Waals surface area contributed by atoms with Crippen LogP contribution < -0.4 is 10.6 Å². The highest BCUT2D eigenvalue weighted by Gasteiger charge is 2.10. The van der Waals surface area contributed by atoms with Gasteiger partial charge < -0.3 is 10.6 Å². The summed E-state index contributed by atoms with van der Waals surface area (Å²) in [6, 6.07) is 17.7. The standard InChI is InChI=1S/C20H16N4OS2/c1-13(25)21-15-8-5-9-16(10-15)22-20-24-18(12-27-20)19-23-17(11-26-19)14-6-3-2-4-7-14/h2-12H,1H3,(H,21,25)(H,22,24). The lowest BCUT2D eigenvalue weighted by molar-refractivity contribution is -0.114. The number of carbonyl (C=O) groups excluding carboxylic acids is 1. The number of hydrogen-bond donors (Lipinski definition) is 2. The van der Waals surface area contributed by atoms with Crippen LogP contribution in [-0.4, -0.2) is 15.9 Å². The van der Waals surface area contributed by atoms with Crippen LogP contribution in [0.1, 0.15) is 6.92 Å². The molecule has 0 unspecified atom stereocenters. The van der Waals surface area contributed by atoms with Crippen molar-refractivity contribution in [1.29, 1.82) is 0 Å². The predicted molar refractivity (Wildman–Crippen MR) is 113 cm³/mol. The van der Waals surface area contributed by atoms with E-state index in [1.807, 2.05) is 53.2 Å². The Hall–Kier alpha value is -3.03. The predicted octanol–water partition coefficient (Wildman–Crippen LogP) is 5.64. The average molecular weight is 393 g/mol. The van der Waals surface area contributed by atoms with Gasteiger partial charge in [-0.3, -0.25) is 4.79 Å². The molecule has 0 saturated carbocycles. The van der Waals surface area contributed by atoms with Crippen molar-refractivity contribution in [3.8, 4) is 22.0 Å². The summed E-state index contributed by atoms with van der Waals surface area (Å²) in [7, 11) is 0. The van der Waals surface area contributed by atoms with Gasteiger partial charge in [0.2, 0.25) is 5.91 Å². The third-order valence-corrected chi connectivity index (χ3v) is 5.35. The molecule has 134 valence electrons. The first-order valence-corrected chi connectivity index (χ1v) is 10.0. The van der Waals surface area contributed by atoms with E-state index in [-0.39, 0.29) is 5.91 Å². The number of aromatic nitrogens is 2. The molecule has 2 heterocycles. The highest BCUT2D eigenvalue weighted by atomic mass is 32.1. The molecule has 1 amide bonds. The van der Waals surface area contributed by atoms with Crippen molar-refractivity contribution in [2.24, 2.45) is 0 Å². The maximum atomic E-state index is 11.2. The molecule has 0 spiro atoms. The molecule has 0 radical (unpaired) electrons. The van der Waals surface area contributed by atoms with E-state index < -0.39 is 0 Å². The fourth-order valence-corrected chi connectivity index (χ4v) is 4.14. The molecule has 0 bridgehead atoms. The summed E-state index contributed by atoms with van der Waals surface area (Å²) in [5, 5.41) is 11.8. The second-order valence-electron chi connectivity index (χ2n) is 5.83. The first-order valence-electron chi connectivity index (χ1n) is 8.29. The molecule has 0 atom stereocenters. The van der Waals surface area contributed by atoms with Crippen LogP contribution in [0.3, 0.4) is 0 Å². The van der Waals surface area contributed by atoms with Crippen LogP contribution in [0.2, 0.25) is 0 Å². The van der Waals surface area contributed by atoms with E-state index in [1.54, 1.807) is 11.3 Å². The number of carbonyl (C=O) groups is 1. The Balaban J connectivity index is 1.51. The van der Waals surface area contributed by atoms with Crippen LogP contribution in [0, 0.1) is 0 Å². The number of benzene rings is 2. The van der Waals surface area contributed by atoms with Gasteiger partial charge in [0.15, 0.2) is 5.13 Å². The fourth-order valence-electron chi connectivity index (χ4n) is 2.56. The van der Waals surface area contributed by atoms with Crippen LogP contribution in [0.4, 0.5) is 16.5 Å². The Bertz CT molecular complexity index is 1070. The highest BCUT2D eigenvalue weighted by molar-refractivity contribution is 7.15. The van der Waals surface area contributed by atoms with Crippen molar-refractivity contribution in [2.45, 2.75) is 6.92 Å². The number of hydrogen-bond acceptors (Lipinski definition) is 6. The van der Waals surface area contributed by atoms with Gasteiger partial charge in [0, 0.05) is 34.6 Å². The van der Waals surface area contributed by atoms with E-state index >= 15 is 0 Å². The summed E-state index contributed by atoms with van der Waals surface area (Å²) in [5.74, 6) is -0.0957. The zero-order valence-electron chi connectivity index (χ0n) is 14.5. The van der Waals surface area contributed by atoms with Crippen LogP contribution in [0.5, 0.6) is 0 Å². The van der Waals surface area contributed by atoms with Crippen LogP contribution in [0.25, 0.3) is 22.0 Å². The third-order valence-electron chi connectivity index (χ3n) is 3.73. The van der Waals surface area contributed by atoms with E-state index in [9.17, 15) is 4.79 Å². The lowest BCUT2D eigenvalue weighted by Gasteiger charge is -2.06. The number of rotatable bonds is 5. The molecule has 27 heavy (non-hydrogen) atoms. The SMILES string of the molecule is CC(=O)Nc1cccc(Nc2nc(-c3nc(-c4ccccc4)cs3)cs2)c1. The van der Waals surface area contributed by atoms with E-state index in [4.69, 9.17) is 4.98 Å². The average Bonchev–Trinajstić information content (AvgIpc) is 3.31. The molecule has 0 fully saturated rings. The van der Waals surface area contributed by atoms with Gasteiger partial charge in [-0.1, -0.05) is 36.4 Å². The molecule has 2 aromatic heterocycles. The quantitative estimate of drug-likeness (QED) is 0.461. The Kier molecular flexibility index (Phi) is 4.95. The van der Waals surface area contributed by atoms with Crippen molar-refractivity contribution in [3.63, 3.8) is 0 Å². The number of nitrogens with one attached hydrogen (secondary N) is 2. The largest absolute Gasteiger partial charge is 0.331 e. The fraction of sp³-hybridized carbons (Fsp3) is 0.0500. The maximum Gasteiger partial charge on any atom is 0.221 e. The van der Waals surface area contributed by atoms with Gasteiger partial charge in [-0.05, 0) is 18.2 Å². The minimum absolute atomic E-state index is 0.0957. The smallest absolute Gasteiger partial charge is 0.221 e. The summed E-state index contributed by atoms with van der Waals surface area (Å²) >= 11 is 3.11. The number of thiazole rings is 2. The van der Waals surface area contributed by atoms with Gasteiger partial charge in [-0.25, -0.2) is 9.97 Å². The second-order valence-corrected chi connectivity index (χ2v) is 7.55. The first kappa shape index (κ1) is 17.4. The molecule has 4 aromatic rings. The number of anilines is 3. The van der Waals surface area contributed by atoms with Crippen molar-refractivity contribution in [3.05, 3.63) is 65.4 Å². The van der Waals surface area contributed by atoms with E-state index in [1.165, 1.54) is 18.3 Å². The number of amides is 1. The van der Waals surface area contributed by atoms with E-state index in [0.29, 0.717) is 0 Å². The zero-order chi connectivity index (χ0) is 18.6. The summed E-state index contributed by atoms with van der Waals surface area (Å²) in [4.78, 5) is 20.5. The first-order chi connectivity index (χ1) is 13.2. The molecular formula is C20H16N4OS2. The van der Waals surface area contributed by atoms with Gasteiger partial charge in [-0.2, -0.15) is 0 Å². The van der Waals surface area contributed by atoms with Crippen molar-refractivity contribution in [1.82, 2.24) is 9.97 Å².